The molecular formula is C12H28O2Si. The van der Waals surface area contributed by atoms with Gasteiger partial charge in [0.25, 0.3) is 0 Å². The molecule has 0 heterocycles. The molecule has 0 fully saturated rings. The average molecular weight is 232 g/mol. The van der Waals surface area contributed by atoms with E-state index in [1.165, 1.54) is 12.0 Å². The quantitative estimate of drug-likeness (QED) is 0.380. The van der Waals surface area contributed by atoms with Crippen LogP contribution in [0, 0.1) is 0 Å². The molecule has 0 aliphatic rings. The molecule has 0 bridgehead atoms. The predicted octanol–water partition coefficient (Wildman–Crippen LogP) is 3.39. The van der Waals surface area contributed by atoms with E-state index in [2.05, 4.69) is 26.6 Å². The number of hydrogen-bond acceptors (Lipinski definition) is 2. The highest BCUT2D eigenvalue weighted by molar-refractivity contribution is 6.48. The maximum atomic E-state index is 5.18. The van der Waals surface area contributed by atoms with Crippen molar-refractivity contribution in [2.24, 2.45) is 0 Å². The van der Waals surface area contributed by atoms with E-state index in [9.17, 15) is 0 Å². The molecular weight excluding hydrogens is 204 g/mol. The number of ether oxygens (including phenoxy) is 1. The van der Waals surface area contributed by atoms with Gasteiger partial charge in [-0.1, -0.05) is 5.57 Å². The van der Waals surface area contributed by atoms with Crippen molar-refractivity contribution in [3.63, 3.8) is 0 Å². The lowest BCUT2D eigenvalue weighted by molar-refractivity contribution is 0.193. The Labute approximate surface area is 97.4 Å². The second-order valence-electron chi connectivity index (χ2n) is 3.91. The van der Waals surface area contributed by atoms with Gasteiger partial charge in [-0.2, -0.15) is 0 Å². The van der Waals surface area contributed by atoms with E-state index in [1.54, 1.807) is 7.11 Å². The van der Waals surface area contributed by atoms with Gasteiger partial charge in [0.15, 0.2) is 9.04 Å². The van der Waals surface area contributed by atoms with Gasteiger partial charge in [0, 0.05) is 20.3 Å². The first kappa shape index (κ1) is 17.3. The van der Waals surface area contributed by atoms with Gasteiger partial charge >= 0.3 is 0 Å². The van der Waals surface area contributed by atoms with Crippen LogP contribution in [0.2, 0.25) is 13.1 Å². The van der Waals surface area contributed by atoms with Gasteiger partial charge in [-0.25, -0.2) is 0 Å². The summed E-state index contributed by atoms with van der Waals surface area (Å²) < 4.78 is 10.1. The normalized spacial score (nSPS) is 9.73. The number of hydrogen-bond donors (Lipinski definition) is 0. The molecule has 3 heteroatoms. The van der Waals surface area contributed by atoms with Crippen LogP contribution in [0.1, 0.15) is 33.1 Å². The van der Waals surface area contributed by atoms with Crippen LogP contribution < -0.4 is 0 Å². The minimum atomic E-state index is -0.671. The summed E-state index contributed by atoms with van der Waals surface area (Å²) in [5.74, 6) is 0. The Morgan fingerprint density at radius 2 is 1.87 bits per heavy atom. The fourth-order valence-corrected chi connectivity index (χ4v) is 1.67. The SMILES string of the molecule is C=C(C)CCCCOC.CCO[SiH](C)C. The molecule has 0 unspecified atom stereocenters. The van der Waals surface area contributed by atoms with E-state index in [1.807, 2.05) is 6.92 Å². The molecule has 0 rings (SSSR count). The number of unbranched alkanes of at least 4 members (excludes halogenated alkanes) is 1. The molecule has 0 aliphatic heterocycles. The van der Waals surface area contributed by atoms with Crippen molar-refractivity contribution in [3.8, 4) is 0 Å². The van der Waals surface area contributed by atoms with E-state index < -0.39 is 9.04 Å². The van der Waals surface area contributed by atoms with Crippen molar-refractivity contribution in [3.05, 3.63) is 12.2 Å². The van der Waals surface area contributed by atoms with E-state index in [4.69, 9.17) is 9.16 Å². The van der Waals surface area contributed by atoms with Gasteiger partial charge in [-0.05, 0) is 46.2 Å². The molecule has 0 spiro atoms. The Kier molecular flexibility index (Phi) is 16.0. The first-order valence-electron chi connectivity index (χ1n) is 5.79. The third-order valence-electron chi connectivity index (χ3n) is 1.70. The van der Waals surface area contributed by atoms with E-state index >= 15 is 0 Å². The van der Waals surface area contributed by atoms with Gasteiger partial charge in [0.2, 0.25) is 0 Å². The summed E-state index contributed by atoms with van der Waals surface area (Å²) in [6, 6.07) is 0. The maximum Gasteiger partial charge on any atom is 0.170 e. The van der Waals surface area contributed by atoms with Gasteiger partial charge in [-0.3, -0.25) is 0 Å². The van der Waals surface area contributed by atoms with Crippen LogP contribution in [0.4, 0.5) is 0 Å². The van der Waals surface area contributed by atoms with Crippen molar-refractivity contribution in [2.75, 3.05) is 20.3 Å². The van der Waals surface area contributed by atoms with Crippen LogP contribution >= 0.6 is 0 Å². The summed E-state index contributed by atoms with van der Waals surface area (Å²) >= 11 is 0. The zero-order chi connectivity index (χ0) is 12.1. The lowest BCUT2D eigenvalue weighted by atomic mass is 10.1. The molecule has 0 aromatic rings. The van der Waals surface area contributed by atoms with E-state index in [0.717, 1.165) is 26.1 Å². The minimum Gasteiger partial charge on any atom is -0.421 e. The van der Waals surface area contributed by atoms with Crippen molar-refractivity contribution >= 4 is 9.04 Å². The first-order valence-corrected chi connectivity index (χ1v) is 8.57. The highest BCUT2D eigenvalue weighted by atomic mass is 28.3. The van der Waals surface area contributed by atoms with Crippen LogP contribution in [-0.4, -0.2) is 29.4 Å². The standard InChI is InChI=1S/C8H16O.C4H12OSi/c1-8(2)6-4-5-7-9-3;1-4-5-6(2)3/h1,4-7H2,2-3H3;6H,4H2,1-3H3. The second kappa shape index (κ2) is 13.9. The lowest BCUT2D eigenvalue weighted by Crippen LogP contribution is -2.05. The van der Waals surface area contributed by atoms with Gasteiger partial charge in [0.1, 0.15) is 0 Å². The van der Waals surface area contributed by atoms with Crippen LogP contribution in [-0.2, 0) is 9.16 Å². The molecule has 0 aliphatic carbocycles. The van der Waals surface area contributed by atoms with Gasteiger partial charge in [-0.15, -0.1) is 6.58 Å². The highest BCUT2D eigenvalue weighted by Gasteiger charge is 1.87. The average Bonchev–Trinajstić information content (AvgIpc) is 2.13. The molecule has 92 valence electrons. The largest absolute Gasteiger partial charge is 0.421 e. The molecule has 0 aromatic heterocycles. The molecule has 0 aromatic carbocycles. The fourth-order valence-electron chi connectivity index (χ4n) is 1.01. The number of methoxy groups -OCH3 is 1. The van der Waals surface area contributed by atoms with Crippen molar-refractivity contribution < 1.29 is 9.16 Å². The van der Waals surface area contributed by atoms with Crippen LogP contribution in [0.5, 0.6) is 0 Å². The highest BCUT2D eigenvalue weighted by Crippen LogP contribution is 2.02. The Hall–Kier alpha value is -0.123. The minimum absolute atomic E-state index is 0.671. The molecule has 0 atom stereocenters. The summed E-state index contributed by atoms with van der Waals surface area (Å²) in [6.45, 7) is 14.0. The summed E-state index contributed by atoms with van der Waals surface area (Å²) in [5.41, 5.74) is 1.27. The van der Waals surface area contributed by atoms with Crippen molar-refractivity contribution in [1.29, 1.82) is 0 Å². The summed E-state index contributed by atoms with van der Waals surface area (Å²) in [5, 5.41) is 0. The molecule has 15 heavy (non-hydrogen) atoms. The predicted molar refractivity (Wildman–Crippen MR) is 71.0 cm³/mol. The van der Waals surface area contributed by atoms with E-state index in [-0.39, 0.29) is 0 Å². The Bertz CT molecular complexity index is 136. The smallest absolute Gasteiger partial charge is 0.170 e. The van der Waals surface area contributed by atoms with E-state index in [0.29, 0.717) is 0 Å². The third-order valence-corrected chi connectivity index (χ3v) is 2.70. The zero-order valence-electron chi connectivity index (χ0n) is 11.1. The maximum absolute atomic E-state index is 5.18. The number of allylic oxidation sites excluding steroid dienone is 1. The van der Waals surface area contributed by atoms with Crippen LogP contribution in [0.3, 0.4) is 0 Å². The zero-order valence-corrected chi connectivity index (χ0v) is 12.3. The van der Waals surface area contributed by atoms with Crippen LogP contribution in [0.25, 0.3) is 0 Å². The van der Waals surface area contributed by atoms with Gasteiger partial charge < -0.3 is 9.16 Å². The Morgan fingerprint density at radius 1 is 1.27 bits per heavy atom. The second-order valence-corrected chi connectivity index (χ2v) is 6.34. The van der Waals surface area contributed by atoms with Crippen molar-refractivity contribution in [2.45, 2.75) is 46.2 Å². The molecule has 0 radical (unpaired) electrons. The summed E-state index contributed by atoms with van der Waals surface area (Å²) in [6.07, 6.45) is 3.51. The van der Waals surface area contributed by atoms with Crippen LogP contribution in [0.15, 0.2) is 12.2 Å². The fraction of sp³-hybridized carbons (Fsp3) is 0.833. The Morgan fingerprint density at radius 3 is 2.13 bits per heavy atom. The topological polar surface area (TPSA) is 18.5 Å². The monoisotopic (exact) mass is 232 g/mol. The number of rotatable bonds is 7. The molecule has 0 N–H and O–H groups in total. The Balaban J connectivity index is 0. The third kappa shape index (κ3) is 24.8. The molecule has 0 saturated carbocycles. The lowest BCUT2D eigenvalue weighted by Gasteiger charge is -1.98. The first-order chi connectivity index (χ1) is 7.04. The van der Waals surface area contributed by atoms with Crippen molar-refractivity contribution in [1.82, 2.24) is 0 Å². The molecule has 0 amide bonds. The summed E-state index contributed by atoms with van der Waals surface area (Å²) in [4.78, 5) is 0. The van der Waals surface area contributed by atoms with Gasteiger partial charge in [0.05, 0.1) is 0 Å². The molecule has 0 saturated heterocycles. The summed E-state index contributed by atoms with van der Waals surface area (Å²) in [7, 11) is 1.07. The molecule has 2 nitrogen and oxygen atoms in total.